The van der Waals surface area contributed by atoms with Crippen LogP contribution in [0.2, 0.25) is 0 Å². The Morgan fingerprint density at radius 2 is 0.900 bits per heavy atom. The molecular formula is C30H28N4O4S2. The molecule has 4 aromatic carbocycles. The van der Waals surface area contributed by atoms with Crippen molar-refractivity contribution in [2.45, 2.75) is 22.6 Å². The summed E-state index contributed by atoms with van der Waals surface area (Å²) in [7, 11) is -7.80. The monoisotopic (exact) mass is 572 g/mol. The van der Waals surface area contributed by atoms with Gasteiger partial charge >= 0.3 is 0 Å². The number of H-pyrrole nitrogens is 2. The van der Waals surface area contributed by atoms with Gasteiger partial charge in [0.25, 0.3) is 0 Å². The first kappa shape index (κ1) is 26.3. The standard InChI is InChI=1S/C30H28N4O4S2/c35-39(36,33-17-15-21-19-31-27-11-3-1-7-23(21)27)29-13-5-10-26-25(29)9-6-14-30(26)40(37,38)34-18-16-22-20-32-28-12-4-2-8-24(22)28/h1-14,19-20,31-34H,15-18H2. The van der Waals surface area contributed by atoms with E-state index >= 15 is 0 Å². The zero-order valence-electron chi connectivity index (χ0n) is 21.5. The number of para-hydroxylation sites is 2. The Kier molecular flexibility index (Phi) is 6.93. The summed E-state index contributed by atoms with van der Waals surface area (Å²) in [4.78, 5) is 6.48. The van der Waals surface area contributed by atoms with Crippen LogP contribution >= 0.6 is 0 Å². The Morgan fingerprint density at radius 1 is 0.500 bits per heavy atom. The van der Waals surface area contributed by atoms with E-state index in [4.69, 9.17) is 0 Å². The van der Waals surface area contributed by atoms with Gasteiger partial charge in [0.2, 0.25) is 20.0 Å². The zero-order chi connectivity index (χ0) is 27.7. The van der Waals surface area contributed by atoms with Crippen molar-refractivity contribution in [3.8, 4) is 0 Å². The first-order valence-electron chi connectivity index (χ1n) is 12.9. The van der Waals surface area contributed by atoms with Gasteiger partial charge in [0.15, 0.2) is 0 Å². The summed E-state index contributed by atoms with van der Waals surface area (Å²) in [6.07, 6.45) is 4.79. The average molecular weight is 573 g/mol. The van der Waals surface area contributed by atoms with E-state index in [2.05, 4.69) is 19.4 Å². The molecule has 0 aliphatic carbocycles. The fraction of sp³-hybridized carbons (Fsp3) is 0.133. The normalized spacial score (nSPS) is 12.5. The van der Waals surface area contributed by atoms with Crippen LogP contribution in [0.4, 0.5) is 0 Å². The van der Waals surface area contributed by atoms with Gasteiger partial charge in [0.05, 0.1) is 9.79 Å². The lowest BCUT2D eigenvalue weighted by Gasteiger charge is -2.13. The van der Waals surface area contributed by atoms with Gasteiger partial charge in [0, 0.05) is 58.1 Å². The molecule has 10 heteroatoms. The zero-order valence-corrected chi connectivity index (χ0v) is 23.1. The maximum absolute atomic E-state index is 13.3. The highest BCUT2D eigenvalue weighted by atomic mass is 32.2. The summed E-state index contributed by atoms with van der Waals surface area (Å²) in [5, 5.41) is 2.81. The molecule has 2 aromatic heterocycles. The van der Waals surface area contributed by atoms with Crippen LogP contribution in [0.3, 0.4) is 0 Å². The van der Waals surface area contributed by atoms with Crippen molar-refractivity contribution in [2.24, 2.45) is 0 Å². The van der Waals surface area contributed by atoms with Crippen LogP contribution in [0.5, 0.6) is 0 Å². The molecule has 8 nitrogen and oxygen atoms in total. The highest BCUT2D eigenvalue weighted by Crippen LogP contribution is 2.28. The van der Waals surface area contributed by atoms with Gasteiger partial charge in [-0.25, -0.2) is 26.3 Å². The van der Waals surface area contributed by atoms with Crippen molar-refractivity contribution >= 4 is 52.6 Å². The first-order valence-corrected chi connectivity index (χ1v) is 15.9. The summed E-state index contributed by atoms with van der Waals surface area (Å²) in [6.45, 7) is 0.405. The Labute approximate surface area is 232 Å². The Hall–Kier alpha value is -3.96. The lowest BCUT2D eigenvalue weighted by atomic mass is 10.1. The number of nitrogens with one attached hydrogen (secondary N) is 4. The molecule has 4 N–H and O–H groups in total. The Morgan fingerprint density at radius 3 is 1.35 bits per heavy atom. The molecule has 0 saturated heterocycles. The van der Waals surface area contributed by atoms with Crippen molar-refractivity contribution in [3.63, 3.8) is 0 Å². The quantitative estimate of drug-likeness (QED) is 0.187. The molecule has 0 amide bonds. The van der Waals surface area contributed by atoms with Gasteiger partial charge in [-0.3, -0.25) is 0 Å². The lowest BCUT2D eigenvalue weighted by Crippen LogP contribution is -2.27. The van der Waals surface area contributed by atoms with Crippen LogP contribution in [0.25, 0.3) is 32.6 Å². The second-order valence-electron chi connectivity index (χ2n) is 9.62. The number of fused-ring (bicyclic) bond motifs is 3. The second kappa shape index (κ2) is 10.5. The average Bonchev–Trinajstić information content (AvgIpc) is 3.56. The number of aromatic amines is 2. The summed E-state index contributed by atoms with van der Waals surface area (Å²) in [5.74, 6) is 0. The molecule has 0 saturated carbocycles. The van der Waals surface area contributed by atoms with Gasteiger partial charge in [-0.1, -0.05) is 60.7 Å². The summed E-state index contributed by atoms with van der Waals surface area (Å²) in [5.41, 5.74) is 4.03. The van der Waals surface area contributed by atoms with Crippen LogP contribution in [0.1, 0.15) is 11.1 Å². The number of hydrogen-bond donors (Lipinski definition) is 4. The molecule has 0 radical (unpaired) electrons. The molecule has 0 spiro atoms. The van der Waals surface area contributed by atoms with Gasteiger partial charge in [0.1, 0.15) is 0 Å². The van der Waals surface area contributed by atoms with Crippen LogP contribution in [0.15, 0.2) is 107 Å². The molecule has 204 valence electrons. The molecular weight excluding hydrogens is 544 g/mol. The van der Waals surface area contributed by atoms with E-state index in [0.717, 1.165) is 32.9 Å². The molecule has 0 aliphatic heterocycles. The number of hydrogen-bond acceptors (Lipinski definition) is 4. The Bertz CT molecular complexity index is 1910. The molecule has 6 rings (SSSR count). The number of benzene rings is 4. The first-order chi connectivity index (χ1) is 19.3. The summed E-state index contributed by atoms with van der Waals surface area (Å²) < 4.78 is 58.7. The van der Waals surface area contributed by atoms with E-state index in [0.29, 0.717) is 23.6 Å². The highest BCUT2D eigenvalue weighted by Gasteiger charge is 2.22. The van der Waals surface area contributed by atoms with Crippen molar-refractivity contribution < 1.29 is 16.8 Å². The smallest absolute Gasteiger partial charge is 0.241 e. The third-order valence-electron chi connectivity index (χ3n) is 7.14. The van der Waals surface area contributed by atoms with Gasteiger partial charge in [-0.15, -0.1) is 0 Å². The summed E-state index contributed by atoms with van der Waals surface area (Å²) >= 11 is 0. The number of rotatable bonds is 10. The maximum atomic E-state index is 13.3. The van der Waals surface area contributed by atoms with E-state index < -0.39 is 20.0 Å². The molecule has 0 bridgehead atoms. The van der Waals surface area contributed by atoms with Crippen molar-refractivity contribution in [3.05, 3.63) is 108 Å². The SMILES string of the molecule is O=S(=O)(NCCc1c[nH]c2ccccc12)c1cccc2c(S(=O)(=O)NCCc3c[nH]c4ccccc34)cccc12. The lowest BCUT2D eigenvalue weighted by molar-refractivity contribution is 0.580. The van der Waals surface area contributed by atoms with Crippen molar-refractivity contribution in [1.29, 1.82) is 0 Å². The van der Waals surface area contributed by atoms with Crippen LogP contribution in [0, 0.1) is 0 Å². The van der Waals surface area contributed by atoms with Crippen molar-refractivity contribution in [1.82, 2.24) is 19.4 Å². The topological polar surface area (TPSA) is 124 Å². The predicted octanol–water partition coefficient (Wildman–Crippen LogP) is 4.84. The molecule has 0 unspecified atom stereocenters. The van der Waals surface area contributed by atoms with Gasteiger partial charge in [-0.2, -0.15) is 0 Å². The second-order valence-corrected chi connectivity index (χ2v) is 13.1. The predicted molar refractivity (Wildman–Crippen MR) is 158 cm³/mol. The van der Waals surface area contributed by atoms with E-state index in [9.17, 15) is 16.8 Å². The van der Waals surface area contributed by atoms with E-state index in [-0.39, 0.29) is 22.9 Å². The minimum atomic E-state index is -3.90. The largest absolute Gasteiger partial charge is 0.361 e. The van der Waals surface area contributed by atoms with Gasteiger partial charge < -0.3 is 9.97 Å². The molecule has 40 heavy (non-hydrogen) atoms. The molecule has 2 heterocycles. The molecule has 6 aromatic rings. The van der Waals surface area contributed by atoms with E-state index in [1.165, 1.54) is 12.1 Å². The fourth-order valence-electron chi connectivity index (χ4n) is 5.19. The third kappa shape index (κ3) is 5.02. The maximum Gasteiger partial charge on any atom is 0.241 e. The number of sulfonamides is 2. The number of aromatic nitrogens is 2. The van der Waals surface area contributed by atoms with Crippen molar-refractivity contribution in [2.75, 3.05) is 13.1 Å². The van der Waals surface area contributed by atoms with Gasteiger partial charge in [-0.05, 0) is 48.2 Å². The molecule has 0 atom stereocenters. The minimum absolute atomic E-state index is 0.0415. The fourth-order valence-corrected chi connectivity index (χ4v) is 7.70. The van der Waals surface area contributed by atoms with E-state index in [1.807, 2.05) is 60.9 Å². The summed E-state index contributed by atoms with van der Waals surface area (Å²) in [6, 6.07) is 25.1. The van der Waals surface area contributed by atoms with Crippen LogP contribution in [-0.4, -0.2) is 39.9 Å². The molecule has 0 fully saturated rings. The molecule has 0 aliphatic rings. The highest BCUT2D eigenvalue weighted by molar-refractivity contribution is 7.90. The Balaban J connectivity index is 1.20. The van der Waals surface area contributed by atoms with Crippen LogP contribution < -0.4 is 9.44 Å². The minimum Gasteiger partial charge on any atom is -0.361 e. The van der Waals surface area contributed by atoms with E-state index in [1.54, 1.807) is 24.3 Å². The van der Waals surface area contributed by atoms with Crippen LogP contribution in [-0.2, 0) is 32.9 Å². The third-order valence-corrected chi connectivity index (χ3v) is 10.2.